The van der Waals surface area contributed by atoms with Crippen molar-refractivity contribution in [2.45, 2.75) is 81.1 Å². The average Bonchev–Trinajstić information content (AvgIpc) is 3.65. The lowest BCUT2D eigenvalue weighted by Crippen LogP contribution is -2.59. The number of halogens is 1. The molecule has 0 radical (unpaired) electrons. The van der Waals surface area contributed by atoms with E-state index in [0.29, 0.717) is 30.6 Å². The number of benzene rings is 2. The lowest BCUT2D eigenvalue weighted by Gasteiger charge is -2.52. The second-order valence-corrected chi connectivity index (χ2v) is 19.5. The van der Waals surface area contributed by atoms with Crippen molar-refractivity contribution < 1.29 is 27.4 Å². The second kappa shape index (κ2) is 15.3. The number of nitrogens with one attached hydrogen (secondary N) is 1. The van der Waals surface area contributed by atoms with Gasteiger partial charge in [0.15, 0.2) is 0 Å². The van der Waals surface area contributed by atoms with Crippen molar-refractivity contribution in [2.75, 3.05) is 77.6 Å². The van der Waals surface area contributed by atoms with E-state index in [9.17, 15) is 13.2 Å². The van der Waals surface area contributed by atoms with Gasteiger partial charge in [-0.3, -0.25) is 14.6 Å². The Morgan fingerprint density at radius 1 is 1.06 bits per heavy atom. The molecular weight excluding hydrogens is 724 g/mol. The Bertz CT molecular complexity index is 1850. The fraction of sp³-hybridized carbons (Fsp3) is 0.643. The molecule has 2 aromatic rings. The smallest absolute Gasteiger partial charge is 0.264 e. The number of fused-ring (bicyclic) bond motifs is 4. The quantitative estimate of drug-likeness (QED) is 0.394. The molecule has 3 fully saturated rings. The number of rotatable bonds is 4. The summed E-state index contributed by atoms with van der Waals surface area (Å²) in [6.45, 7) is 12.1. The Hall–Kier alpha value is -2.67. The van der Waals surface area contributed by atoms with Crippen LogP contribution in [-0.4, -0.2) is 114 Å². The molecule has 54 heavy (non-hydrogen) atoms. The fourth-order valence-corrected chi connectivity index (χ4v) is 11.7. The highest BCUT2D eigenvalue weighted by Crippen LogP contribution is 2.49. The maximum absolute atomic E-state index is 13.7. The van der Waals surface area contributed by atoms with Crippen molar-refractivity contribution >= 4 is 33.2 Å². The van der Waals surface area contributed by atoms with E-state index < -0.39 is 26.8 Å². The highest BCUT2D eigenvalue weighted by Gasteiger charge is 2.50. The predicted octanol–water partition coefficient (Wildman–Crippen LogP) is 5.68. The van der Waals surface area contributed by atoms with E-state index in [1.165, 1.54) is 11.1 Å². The van der Waals surface area contributed by atoms with Crippen LogP contribution in [0.4, 0.5) is 5.69 Å². The first-order chi connectivity index (χ1) is 26.0. The van der Waals surface area contributed by atoms with E-state index in [1.54, 1.807) is 13.0 Å². The van der Waals surface area contributed by atoms with Gasteiger partial charge in [0.05, 0.1) is 24.2 Å². The maximum atomic E-state index is 13.7. The molecule has 294 valence electrons. The predicted molar refractivity (Wildman–Crippen MR) is 212 cm³/mol. The summed E-state index contributed by atoms with van der Waals surface area (Å²) >= 11 is 6.51. The molecule has 1 N–H and O–H groups in total. The van der Waals surface area contributed by atoms with Crippen LogP contribution in [0.2, 0.25) is 5.02 Å². The summed E-state index contributed by atoms with van der Waals surface area (Å²) < 4.78 is 48.8. The fourth-order valence-electron chi connectivity index (χ4n) is 10.3. The van der Waals surface area contributed by atoms with Crippen LogP contribution in [0.1, 0.15) is 73.9 Å². The van der Waals surface area contributed by atoms with E-state index in [-0.39, 0.29) is 17.3 Å². The molecule has 12 heteroatoms. The van der Waals surface area contributed by atoms with Gasteiger partial charge in [-0.05, 0) is 111 Å². The number of aryl methyl sites for hydroxylation is 1. The van der Waals surface area contributed by atoms with Gasteiger partial charge in [-0.2, -0.15) is 0 Å². The normalized spacial score (nSPS) is 35.2. The summed E-state index contributed by atoms with van der Waals surface area (Å²) in [5.74, 6) is 0.483. The van der Waals surface area contributed by atoms with Gasteiger partial charge >= 0.3 is 0 Å². The maximum Gasteiger partial charge on any atom is 0.264 e. The summed E-state index contributed by atoms with van der Waals surface area (Å²) in [6, 6.07) is 12.2. The summed E-state index contributed by atoms with van der Waals surface area (Å²) in [6.07, 6.45) is 11.2. The molecule has 2 bridgehead atoms. The van der Waals surface area contributed by atoms with Gasteiger partial charge in [0.2, 0.25) is 10.0 Å². The summed E-state index contributed by atoms with van der Waals surface area (Å²) in [4.78, 5) is 21.3. The van der Waals surface area contributed by atoms with Crippen molar-refractivity contribution in [3.05, 3.63) is 70.3 Å². The number of piperazine rings is 1. The van der Waals surface area contributed by atoms with Crippen molar-refractivity contribution in [3.63, 3.8) is 0 Å². The minimum absolute atomic E-state index is 0.219. The third kappa shape index (κ3) is 7.34. The summed E-state index contributed by atoms with van der Waals surface area (Å²) in [5.41, 5.74) is 2.90. The molecule has 1 spiro atoms. The number of hydrogen-bond donors (Lipinski definition) is 1. The van der Waals surface area contributed by atoms with E-state index in [2.05, 4.69) is 43.7 Å². The van der Waals surface area contributed by atoms with Crippen LogP contribution >= 0.6 is 11.6 Å². The lowest BCUT2D eigenvalue weighted by molar-refractivity contribution is -0.0964. The molecule has 0 unspecified atom stereocenters. The zero-order valence-electron chi connectivity index (χ0n) is 32.1. The number of amides is 1. The Morgan fingerprint density at radius 3 is 2.63 bits per heavy atom. The van der Waals surface area contributed by atoms with Crippen LogP contribution in [0.15, 0.2) is 48.6 Å². The number of hydrogen-bond acceptors (Lipinski definition) is 9. The van der Waals surface area contributed by atoms with Crippen LogP contribution in [0.3, 0.4) is 0 Å². The van der Waals surface area contributed by atoms with Gasteiger partial charge in [-0.1, -0.05) is 36.7 Å². The highest BCUT2D eigenvalue weighted by molar-refractivity contribution is 7.90. The third-order valence-electron chi connectivity index (χ3n) is 13.9. The van der Waals surface area contributed by atoms with Gasteiger partial charge in [0, 0.05) is 81.6 Å². The zero-order valence-corrected chi connectivity index (χ0v) is 33.7. The van der Waals surface area contributed by atoms with Gasteiger partial charge < -0.3 is 19.1 Å². The van der Waals surface area contributed by atoms with Crippen LogP contribution in [-0.2, 0) is 31.3 Å². The molecule has 8 rings (SSSR count). The molecule has 6 aliphatic rings. The SMILES string of the molecule is CO[C@@]1(CN2CCN([C@H]3CCOC3)CC2)/C=C/C[C@H](C)[C@@H](C)S(=O)(=O)NC(=O)c2ccc3c(c2)N(C[C@@H]2CC[C@H]21)C[C@@]1(CCCc2cc(Cl)ccc21)CO3. The Kier molecular flexibility index (Phi) is 10.9. The van der Waals surface area contributed by atoms with E-state index in [4.69, 9.17) is 25.8 Å². The van der Waals surface area contributed by atoms with Crippen molar-refractivity contribution in [1.29, 1.82) is 0 Å². The second-order valence-electron chi connectivity index (χ2n) is 17.0. The standard InChI is InChI=1S/C42H57ClN4O6S/c1-29-6-4-16-42(51-3,27-45-17-19-46(20-18-45)35-14-21-52-25-35)37-11-8-33(37)24-47-26-41(15-5-7-31-22-34(43)10-12-36(31)41)28-53-39-13-9-32(23-38(39)47)40(48)44-54(49,50)30(29)2/h4,9-10,12-13,16,22-23,29-30,33,35,37H,5-8,11,14-15,17-21,24-28H2,1-3H3,(H,44,48)/b16-4+/t29-,30+,33-,35-,37+,41-,42+/m0/s1. The minimum Gasteiger partial charge on any atom is -0.490 e. The molecule has 2 aromatic carbocycles. The van der Waals surface area contributed by atoms with Crippen molar-refractivity contribution in [1.82, 2.24) is 14.5 Å². The van der Waals surface area contributed by atoms with E-state index >= 15 is 0 Å². The molecule has 1 saturated carbocycles. The van der Waals surface area contributed by atoms with Crippen LogP contribution in [0.25, 0.3) is 0 Å². The largest absolute Gasteiger partial charge is 0.490 e. The minimum atomic E-state index is -3.96. The van der Waals surface area contributed by atoms with Gasteiger partial charge in [0.1, 0.15) is 11.4 Å². The Morgan fingerprint density at radius 2 is 1.89 bits per heavy atom. The number of sulfonamides is 1. The number of nitrogens with zero attached hydrogens (tertiary/aromatic N) is 3. The topological polar surface area (TPSA) is 101 Å². The summed E-state index contributed by atoms with van der Waals surface area (Å²) in [7, 11) is -2.10. The van der Waals surface area contributed by atoms with E-state index in [1.807, 2.05) is 32.2 Å². The van der Waals surface area contributed by atoms with Crippen molar-refractivity contribution in [3.8, 4) is 5.75 Å². The van der Waals surface area contributed by atoms with Crippen LogP contribution < -0.4 is 14.4 Å². The van der Waals surface area contributed by atoms with Crippen LogP contribution in [0, 0.1) is 17.8 Å². The average molecular weight is 781 g/mol. The Balaban J connectivity index is 1.16. The number of methoxy groups -OCH3 is 1. The molecule has 2 aliphatic carbocycles. The molecule has 2 saturated heterocycles. The Labute approximate surface area is 326 Å². The van der Waals surface area contributed by atoms with Gasteiger partial charge in [-0.15, -0.1) is 0 Å². The molecule has 1 amide bonds. The first-order valence-corrected chi connectivity index (χ1v) is 22.1. The monoisotopic (exact) mass is 780 g/mol. The number of carbonyl (C=O) groups is 1. The first-order valence-electron chi connectivity index (χ1n) is 20.1. The molecular formula is C42H57ClN4O6S. The lowest BCUT2D eigenvalue weighted by atomic mass is 9.63. The molecule has 0 aromatic heterocycles. The molecule has 4 heterocycles. The van der Waals surface area contributed by atoms with Crippen molar-refractivity contribution in [2.24, 2.45) is 17.8 Å². The van der Waals surface area contributed by atoms with Crippen LogP contribution in [0.5, 0.6) is 5.75 Å². The molecule has 4 aliphatic heterocycles. The number of anilines is 1. The zero-order chi connectivity index (χ0) is 37.7. The number of ether oxygens (including phenoxy) is 3. The number of allylic oxidation sites excluding steroid dienone is 1. The first kappa shape index (κ1) is 38.2. The van der Waals surface area contributed by atoms with Gasteiger partial charge in [-0.25, -0.2) is 13.1 Å². The molecule has 7 atom stereocenters. The van der Waals surface area contributed by atoms with E-state index in [0.717, 1.165) is 114 Å². The molecule has 10 nitrogen and oxygen atoms in total. The number of carbonyl (C=O) groups excluding carboxylic acids is 1. The summed E-state index contributed by atoms with van der Waals surface area (Å²) in [5, 5.41) is -0.0290. The highest BCUT2D eigenvalue weighted by atomic mass is 35.5. The third-order valence-corrected chi connectivity index (χ3v) is 16.1. The van der Waals surface area contributed by atoms with Gasteiger partial charge in [0.25, 0.3) is 5.91 Å².